The lowest BCUT2D eigenvalue weighted by Crippen LogP contribution is -2.49. The summed E-state index contributed by atoms with van der Waals surface area (Å²) in [4.78, 5) is 18.6. The number of aliphatic imine (C=N–C) groups is 1. The normalized spacial score (nSPS) is 16.1. The van der Waals surface area contributed by atoms with Crippen LogP contribution in [0.15, 0.2) is 17.1 Å². The molecule has 6 nitrogen and oxygen atoms in total. The number of benzene rings is 1. The number of carbonyl (C=O) groups excluding carboxylic acids is 1. The van der Waals surface area contributed by atoms with Crippen LogP contribution in [0.2, 0.25) is 0 Å². The fourth-order valence-corrected chi connectivity index (χ4v) is 3.09. The predicted molar refractivity (Wildman–Crippen MR) is 104 cm³/mol. The summed E-state index contributed by atoms with van der Waals surface area (Å²) in [7, 11) is 0. The molecule has 0 saturated carbocycles. The minimum absolute atomic E-state index is 0.262. The summed E-state index contributed by atoms with van der Waals surface area (Å²) < 4.78 is 39.8. The molecule has 1 amide bonds. The van der Waals surface area contributed by atoms with Gasteiger partial charge in [0.25, 0.3) is 0 Å². The van der Waals surface area contributed by atoms with E-state index in [1.807, 2.05) is 6.92 Å². The third-order valence-corrected chi connectivity index (χ3v) is 4.50. The average molecular weight is 399 g/mol. The number of halogens is 3. The zero-order chi connectivity index (χ0) is 20.5. The van der Waals surface area contributed by atoms with E-state index in [0.717, 1.165) is 51.0 Å². The van der Waals surface area contributed by atoms with Gasteiger partial charge in [0.1, 0.15) is 6.54 Å². The number of hydrogen-bond donors (Lipinski definition) is 3. The van der Waals surface area contributed by atoms with Crippen LogP contribution in [0.5, 0.6) is 0 Å². The van der Waals surface area contributed by atoms with Gasteiger partial charge in [-0.15, -0.1) is 0 Å². The molecule has 1 saturated heterocycles. The van der Waals surface area contributed by atoms with E-state index < -0.39 is 29.0 Å². The first kappa shape index (κ1) is 22.0. The number of nitrogens with zero attached hydrogens (tertiary/aromatic N) is 2. The molecule has 1 aliphatic heterocycles. The highest BCUT2D eigenvalue weighted by atomic mass is 19.2. The maximum atomic E-state index is 13.6. The molecular formula is C19H28F3N5O. The lowest BCUT2D eigenvalue weighted by atomic mass is 10.1. The average Bonchev–Trinajstić information content (AvgIpc) is 2.68. The number of carbonyl (C=O) groups is 1. The Morgan fingerprint density at radius 3 is 2.54 bits per heavy atom. The van der Waals surface area contributed by atoms with Gasteiger partial charge in [-0.25, -0.2) is 18.2 Å². The highest BCUT2D eigenvalue weighted by molar-refractivity contribution is 5.94. The molecule has 0 atom stereocenters. The number of nitrogens with one attached hydrogen (secondary N) is 3. The second-order valence-electron chi connectivity index (χ2n) is 6.73. The molecule has 0 radical (unpaired) electrons. The topological polar surface area (TPSA) is 68.8 Å². The summed E-state index contributed by atoms with van der Waals surface area (Å²) in [5.41, 5.74) is -0.416. The smallest absolute Gasteiger partial charge is 0.246 e. The van der Waals surface area contributed by atoms with Crippen LogP contribution in [0.4, 0.5) is 18.9 Å². The molecule has 2 rings (SSSR count). The Balaban J connectivity index is 1.89. The van der Waals surface area contributed by atoms with Crippen LogP contribution in [0.25, 0.3) is 0 Å². The molecule has 156 valence electrons. The third-order valence-electron chi connectivity index (χ3n) is 4.50. The van der Waals surface area contributed by atoms with Gasteiger partial charge in [-0.3, -0.25) is 4.79 Å². The second-order valence-corrected chi connectivity index (χ2v) is 6.73. The number of rotatable bonds is 7. The van der Waals surface area contributed by atoms with Gasteiger partial charge in [-0.05, 0) is 44.9 Å². The van der Waals surface area contributed by atoms with E-state index in [9.17, 15) is 18.0 Å². The lowest BCUT2D eigenvalue weighted by molar-refractivity contribution is -0.114. The van der Waals surface area contributed by atoms with Crippen molar-refractivity contribution in [3.63, 3.8) is 0 Å². The number of amides is 1. The van der Waals surface area contributed by atoms with E-state index in [1.165, 1.54) is 0 Å². The van der Waals surface area contributed by atoms with Gasteiger partial charge in [-0.2, -0.15) is 0 Å². The molecule has 1 fully saturated rings. The van der Waals surface area contributed by atoms with Crippen molar-refractivity contribution in [1.82, 2.24) is 15.5 Å². The predicted octanol–water partition coefficient (Wildman–Crippen LogP) is 2.47. The van der Waals surface area contributed by atoms with Gasteiger partial charge in [0.15, 0.2) is 23.4 Å². The second kappa shape index (κ2) is 10.9. The molecule has 28 heavy (non-hydrogen) atoms. The zero-order valence-corrected chi connectivity index (χ0v) is 16.3. The fraction of sp³-hybridized carbons (Fsp3) is 0.579. The van der Waals surface area contributed by atoms with Crippen molar-refractivity contribution in [2.45, 2.75) is 39.2 Å². The monoisotopic (exact) mass is 399 g/mol. The summed E-state index contributed by atoms with van der Waals surface area (Å²) >= 11 is 0. The maximum absolute atomic E-state index is 13.6. The van der Waals surface area contributed by atoms with Gasteiger partial charge < -0.3 is 20.9 Å². The number of anilines is 1. The van der Waals surface area contributed by atoms with Gasteiger partial charge >= 0.3 is 0 Å². The lowest BCUT2D eigenvalue weighted by Gasteiger charge is -2.32. The van der Waals surface area contributed by atoms with Crippen molar-refractivity contribution < 1.29 is 18.0 Å². The minimum atomic E-state index is -1.62. The van der Waals surface area contributed by atoms with Crippen LogP contribution < -0.4 is 16.0 Å². The SMILES string of the molecule is CCCN1CCC(NC(=NCC(=O)Nc2ccc(F)c(F)c2F)NCC)CC1. The highest BCUT2D eigenvalue weighted by Crippen LogP contribution is 2.19. The van der Waals surface area contributed by atoms with Gasteiger partial charge in [0, 0.05) is 25.7 Å². The van der Waals surface area contributed by atoms with E-state index in [4.69, 9.17) is 0 Å². The van der Waals surface area contributed by atoms with Crippen LogP contribution in [0.3, 0.4) is 0 Å². The van der Waals surface area contributed by atoms with E-state index in [2.05, 4.69) is 32.8 Å². The molecule has 0 unspecified atom stereocenters. The largest absolute Gasteiger partial charge is 0.357 e. The van der Waals surface area contributed by atoms with Crippen LogP contribution in [-0.2, 0) is 4.79 Å². The number of hydrogen-bond acceptors (Lipinski definition) is 3. The van der Waals surface area contributed by atoms with Crippen molar-refractivity contribution in [3.05, 3.63) is 29.6 Å². The Bertz CT molecular complexity index is 690. The molecule has 1 aromatic rings. The van der Waals surface area contributed by atoms with Gasteiger partial charge in [0.05, 0.1) is 5.69 Å². The van der Waals surface area contributed by atoms with Crippen LogP contribution in [0.1, 0.15) is 33.1 Å². The number of likely N-dealkylation sites (tertiary alicyclic amines) is 1. The maximum Gasteiger partial charge on any atom is 0.246 e. The molecule has 0 spiro atoms. The minimum Gasteiger partial charge on any atom is -0.357 e. The van der Waals surface area contributed by atoms with Crippen molar-refractivity contribution in [3.8, 4) is 0 Å². The van der Waals surface area contributed by atoms with Crippen LogP contribution in [-0.4, -0.2) is 55.5 Å². The van der Waals surface area contributed by atoms with Crippen LogP contribution >= 0.6 is 0 Å². The quantitative estimate of drug-likeness (QED) is 0.374. The first-order valence-electron chi connectivity index (χ1n) is 9.65. The van der Waals surface area contributed by atoms with Crippen LogP contribution in [0, 0.1) is 17.5 Å². The van der Waals surface area contributed by atoms with E-state index in [1.54, 1.807) is 0 Å². The summed E-state index contributed by atoms with van der Waals surface area (Å²) in [6.45, 7) is 7.56. The Hall–Kier alpha value is -2.29. The van der Waals surface area contributed by atoms with E-state index in [-0.39, 0.29) is 12.6 Å². The molecule has 1 heterocycles. The first-order valence-corrected chi connectivity index (χ1v) is 9.65. The first-order chi connectivity index (χ1) is 13.4. The van der Waals surface area contributed by atoms with Crippen molar-refractivity contribution in [1.29, 1.82) is 0 Å². The molecule has 0 bridgehead atoms. The van der Waals surface area contributed by atoms with Crippen molar-refractivity contribution in [2.75, 3.05) is 38.0 Å². The molecule has 1 aromatic carbocycles. The fourth-order valence-electron chi connectivity index (χ4n) is 3.09. The molecule has 0 aliphatic carbocycles. The van der Waals surface area contributed by atoms with E-state index >= 15 is 0 Å². The highest BCUT2D eigenvalue weighted by Gasteiger charge is 2.19. The van der Waals surface area contributed by atoms with Crippen molar-refractivity contribution >= 4 is 17.6 Å². The molecular weight excluding hydrogens is 371 g/mol. The summed E-state index contributed by atoms with van der Waals surface area (Å²) in [6.07, 6.45) is 3.10. The standard InChI is InChI=1S/C19H28F3N5O/c1-3-9-27-10-7-13(8-11-27)25-19(23-4-2)24-12-16(28)26-15-6-5-14(20)17(21)18(15)22/h5-6,13H,3-4,7-12H2,1-2H3,(H,26,28)(H2,23,24,25). The molecule has 0 aromatic heterocycles. The van der Waals surface area contributed by atoms with E-state index in [0.29, 0.717) is 12.5 Å². The Morgan fingerprint density at radius 2 is 1.89 bits per heavy atom. The number of guanidine groups is 1. The molecule has 9 heteroatoms. The third kappa shape index (κ3) is 6.40. The summed E-state index contributed by atoms with van der Waals surface area (Å²) in [5, 5.41) is 8.60. The van der Waals surface area contributed by atoms with Gasteiger partial charge in [-0.1, -0.05) is 6.92 Å². The zero-order valence-electron chi connectivity index (χ0n) is 16.3. The Morgan fingerprint density at radius 1 is 1.18 bits per heavy atom. The Labute approximate surface area is 163 Å². The molecule has 3 N–H and O–H groups in total. The molecule has 1 aliphatic rings. The Kier molecular flexibility index (Phi) is 8.56. The number of piperidine rings is 1. The summed E-state index contributed by atoms with van der Waals surface area (Å²) in [6, 6.07) is 1.99. The summed E-state index contributed by atoms with van der Waals surface area (Å²) in [5.74, 6) is -4.48. The van der Waals surface area contributed by atoms with Crippen molar-refractivity contribution in [2.24, 2.45) is 4.99 Å². The van der Waals surface area contributed by atoms with Gasteiger partial charge in [0.2, 0.25) is 5.91 Å².